The number of aliphatic carboxylic acids is 3. The number of nitrogens with one attached hydrogen (secondary N) is 3. The first kappa shape index (κ1) is 75.6. The van der Waals surface area contributed by atoms with E-state index in [1.807, 2.05) is 0 Å². The Morgan fingerprint density at radius 3 is 0.934 bits per heavy atom. The van der Waals surface area contributed by atoms with Crippen molar-refractivity contribution in [2.75, 3.05) is 19.8 Å². The summed E-state index contributed by atoms with van der Waals surface area (Å²) >= 11 is 0. The molecule has 6 saturated heterocycles. The van der Waals surface area contributed by atoms with Crippen molar-refractivity contribution in [2.45, 2.75) is 205 Å². The number of ether oxygens (including phenoxy) is 11. The van der Waals surface area contributed by atoms with E-state index in [9.17, 15) is 139 Å². The van der Waals surface area contributed by atoms with Crippen LogP contribution in [0.15, 0.2) is 0 Å². The Kier molecular flexibility index (Phi) is 25.3. The van der Waals surface area contributed by atoms with Gasteiger partial charge in [0.25, 0.3) is 0 Å². The van der Waals surface area contributed by atoms with Crippen molar-refractivity contribution in [3.63, 3.8) is 0 Å². The molecule has 91 heavy (non-hydrogen) atoms. The summed E-state index contributed by atoms with van der Waals surface area (Å²) in [5, 5.41) is 157. The molecule has 0 aromatic heterocycles. The summed E-state index contributed by atoms with van der Waals surface area (Å²) in [5.74, 6) is -9.81. The van der Waals surface area contributed by atoms with Gasteiger partial charge in [0.2, 0.25) is 17.7 Å². The molecule has 6 aliphatic rings. The van der Waals surface area contributed by atoms with Crippen LogP contribution in [0.4, 0.5) is 0 Å². The second kappa shape index (κ2) is 30.5. The zero-order chi connectivity index (χ0) is 68.4. The minimum absolute atomic E-state index is 0.716. The number of rotatable bonds is 25. The number of aliphatic hydroxyl groups is 11. The van der Waals surface area contributed by atoms with Crippen molar-refractivity contribution in [2.24, 2.45) is 0 Å². The van der Waals surface area contributed by atoms with Crippen LogP contribution in [-0.4, -0.2) is 350 Å². The van der Waals surface area contributed by atoms with Gasteiger partial charge in [0.15, 0.2) is 56.1 Å². The molecule has 0 aromatic rings. The van der Waals surface area contributed by atoms with Gasteiger partial charge in [-0.15, -0.1) is 0 Å². The van der Waals surface area contributed by atoms with Crippen molar-refractivity contribution in [3.8, 4) is 0 Å². The van der Waals surface area contributed by atoms with Crippen LogP contribution in [0.5, 0.6) is 0 Å². The van der Waals surface area contributed by atoms with Gasteiger partial charge in [0, 0.05) is 20.8 Å². The number of amides is 3. The number of carbonyl (C=O) groups excluding carboxylic acids is 3. The van der Waals surface area contributed by atoms with E-state index in [2.05, 4.69) is 24.3 Å². The quantitative estimate of drug-likeness (QED) is 0.0377. The first-order chi connectivity index (χ1) is 42.1. The molecule has 0 saturated carbocycles. The Morgan fingerprint density at radius 2 is 0.626 bits per heavy atom. The third-order valence-corrected chi connectivity index (χ3v) is 15.5. The third-order valence-electron chi connectivity index (χ3n) is 14.2. The smallest absolute Gasteiger partial charge is 0.397 e. The van der Waals surface area contributed by atoms with E-state index >= 15 is 0 Å². The predicted octanol–water partition coefficient (Wildman–Crippen LogP) is -13.9. The molecule has 6 aliphatic heterocycles. The molecule has 46 nitrogen and oxygen atoms in total. The normalized spacial score (nSPS) is 42.6. The third kappa shape index (κ3) is 18.3. The highest BCUT2D eigenvalue weighted by Gasteiger charge is 2.61. The van der Waals surface area contributed by atoms with E-state index in [1.165, 1.54) is 0 Å². The summed E-state index contributed by atoms with van der Waals surface area (Å²) in [6.45, 7) is -1.89. The van der Waals surface area contributed by atoms with Crippen LogP contribution < -0.4 is 16.0 Å². The molecule has 30 atom stereocenters. The van der Waals surface area contributed by atoms with E-state index in [0.29, 0.717) is 6.92 Å². The number of carboxylic acids is 3. The molecule has 0 radical (unpaired) electrons. The molecule has 524 valence electrons. The maximum Gasteiger partial charge on any atom is 0.397 e. The molecule has 0 aliphatic carbocycles. The molecule has 49 heteroatoms. The fourth-order valence-corrected chi connectivity index (χ4v) is 11.9. The van der Waals surface area contributed by atoms with Gasteiger partial charge >= 0.3 is 49.1 Å². The summed E-state index contributed by atoms with van der Waals surface area (Å²) in [6.07, 6.45) is -67.8. The van der Waals surface area contributed by atoms with Gasteiger partial charge in [-0.1, -0.05) is 0 Å². The summed E-state index contributed by atoms with van der Waals surface area (Å²) in [7, 11) is -17.1. The first-order valence-corrected chi connectivity index (χ1v) is 30.2. The van der Waals surface area contributed by atoms with Crippen LogP contribution in [0.1, 0.15) is 20.8 Å². The van der Waals surface area contributed by atoms with Gasteiger partial charge in [-0.3, -0.25) is 28.0 Å². The SMILES string of the molecule is CC(=O)N[C@H]1[C@H](O[C@H]2[C@H](O)[C@@H](O)[C@H](O[C@@H]3[C@@H](NC(C)=O)[C@H](O[C@H]4[C@H](O)[C@@H](O)[C@@H](O[C@@H]5[C@@H](NC(C)=O)[C@H](O[C@H]6[C@H](O)[C@@H](O)[C@H](O)O[C@@H]6C(=O)O)O[C@H](CO)[C@@H]5OS(=O)(=O)O)O[C@@H]4C(=O)O)O[C@H](CO)[C@@H]3OS(=O)(=O)O)O[C@@H]2C(=O)O)O[C@H](CO)[C@H](OS(=O)(=O)O)[C@@H]1O. The van der Waals surface area contributed by atoms with Crippen molar-refractivity contribution >= 4 is 66.8 Å². The number of aliphatic hydroxyl groups excluding tert-OH is 11. The lowest BCUT2D eigenvalue weighted by Gasteiger charge is -2.51. The van der Waals surface area contributed by atoms with Crippen molar-refractivity contribution in [1.82, 2.24) is 16.0 Å². The number of carbonyl (C=O) groups is 6. The number of hydrogen-bond donors (Lipinski definition) is 20. The molecule has 20 N–H and O–H groups in total. The fourth-order valence-electron chi connectivity index (χ4n) is 10.4. The lowest BCUT2D eigenvalue weighted by atomic mass is 9.93. The highest BCUT2D eigenvalue weighted by atomic mass is 32.3. The number of carboxylic acid groups (broad SMARTS) is 3. The Labute approximate surface area is 510 Å². The molecule has 0 bridgehead atoms. The zero-order valence-electron chi connectivity index (χ0n) is 46.4. The van der Waals surface area contributed by atoms with Gasteiger partial charge in [-0.25, -0.2) is 26.9 Å². The highest BCUT2D eigenvalue weighted by Crippen LogP contribution is 2.39. The topological polar surface area (TPSA) is 714 Å². The summed E-state index contributed by atoms with van der Waals surface area (Å²) < 4.78 is 176. The molecular weight excluding hydrogens is 1330 g/mol. The molecular formula is C42H65N3O43S3. The van der Waals surface area contributed by atoms with E-state index < -0.39 is 271 Å². The largest absolute Gasteiger partial charge is 0.479 e. The van der Waals surface area contributed by atoms with Gasteiger partial charge in [-0.05, 0) is 0 Å². The zero-order valence-corrected chi connectivity index (χ0v) is 48.8. The molecule has 6 heterocycles. The Hall–Kier alpha value is -4.45. The first-order valence-electron chi connectivity index (χ1n) is 26.1. The Morgan fingerprint density at radius 1 is 0.352 bits per heavy atom. The fraction of sp³-hybridized carbons (Fsp3) is 0.857. The van der Waals surface area contributed by atoms with Crippen LogP contribution >= 0.6 is 0 Å². The lowest BCUT2D eigenvalue weighted by molar-refractivity contribution is -0.375. The Bertz CT molecular complexity index is 2920. The van der Waals surface area contributed by atoms with E-state index in [4.69, 9.17) is 56.3 Å². The maximum atomic E-state index is 13.1. The molecule has 6 rings (SSSR count). The number of hydrogen-bond acceptors (Lipinski definition) is 37. The summed E-state index contributed by atoms with van der Waals surface area (Å²) in [5.41, 5.74) is 0. The highest BCUT2D eigenvalue weighted by molar-refractivity contribution is 7.81. The molecule has 0 aromatic carbocycles. The van der Waals surface area contributed by atoms with Crippen LogP contribution in [0.3, 0.4) is 0 Å². The van der Waals surface area contributed by atoms with Gasteiger partial charge in [0.1, 0.15) is 128 Å². The maximum absolute atomic E-state index is 13.1. The standard InChI is InChI=1S/C42H65N3O43S3/c1-7(49)43-13-16(52)23(86-89(66,67)68)10(4-46)75-38(13)81-29-18(54)21(57)41(84-32(29)35(61)62)80-27-15(45-9(3)51)40(77-12(6-48)25(27)88-91(72,73)74)83-30-19(55)22(58)42(85-33(30)36(63)64)79-26-14(44-8(2)50)39(76-11(5-47)24(26)87-90(69,70)71)82-28-17(53)20(56)37(65)78-31(28)34(59)60/h10-33,37-42,46-48,52-58,65H,4-6H2,1-3H3,(H,43,49)(H,44,50)(H,45,51)(H,59,60)(H,61,62)(H,63,64)(H,66,67,68)(H,69,70,71)(H,72,73,74)/t10-,11-,12-,13-,14-,15-,16-,17-,18-,19-,20-,21-,22-,23+,24+,25+,26-,27-,28+,29+,30+,31+,32+,33+,37-,38+,39+,40+,41-,42+/m1/s1. The summed E-state index contributed by atoms with van der Waals surface area (Å²) in [4.78, 5) is 76.2. The van der Waals surface area contributed by atoms with Gasteiger partial charge in [0.05, 0.1) is 19.8 Å². The monoisotopic (exact) mass is 1400 g/mol. The van der Waals surface area contributed by atoms with Gasteiger partial charge < -0.3 is 140 Å². The second-order valence-electron chi connectivity index (χ2n) is 20.6. The van der Waals surface area contributed by atoms with Gasteiger partial charge in [-0.2, -0.15) is 25.3 Å². The molecule has 0 unspecified atom stereocenters. The summed E-state index contributed by atoms with van der Waals surface area (Å²) in [6, 6.07) is -6.74. The van der Waals surface area contributed by atoms with E-state index in [0.717, 1.165) is 13.8 Å². The second-order valence-corrected chi connectivity index (χ2v) is 23.7. The molecule has 0 spiro atoms. The van der Waals surface area contributed by atoms with Crippen LogP contribution in [0, 0.1) is 0 Å². The Balaban J connectivity index is 1.34. The molecule has 3 amide bonds. The average Bonchev–Trinajstić information content (AvgIpc) is 0.804. The van der Waals surface area contributed by atoms with Crippen LogP contribution in [0.2, 0.25) is 0 Å². The minimum atomic E-state index is -5.84. The van der Waals surface area contributed by atoms with E-state index in [-0.39, 0.29) is 0 Å². The van der Waals surface area contributed by atoms with Crippen molar-refractivity contribution in [1.29, 1.82) is 0 Å². The molecule has 6 fully saturated rings. The lowest BCUT2D eigenvalue weighted by Crippen LogP contribution is -2.72. The van der Waals surface area contributed by atoms with Crippen LogP contribution in [-0.2, 0) is 125 Å². The van der Waals surface area contributed by atoms with Crippen LogP contribution in [0.25, 0.3) is 0 Å². The average molecular weight is 1400 g/mol. The van der Waals surface area contributed by atoms with Crippen molar-refractivity contribution in [3.05, 3.63) is 0 Å². The minimum Gasteiger partial charge on any atom is -0.479 e. The predicted molar refractivity (Wildman–Crippen MR) is 267 cm³/mol. The van der Waals surface area contributed by atoms with Crippen molar-refractivity contribution < 1.29 is 204 Å². The van der Waals surface area contributed by atoms with E-state index in [1.54, 1.807) is 0 Å².